The highest BCUT2D eigenvalue weighted by Gasteiger charge is 2.23. The van der Waals surface area contributed by atoms with Crippen LogP contribution in [0.5, 0.6) is 0 Å². The monoisotopic (exact) mass is 185 g/mol. The topological polar surface area (TPSA) is 12.0 Å². The molecule has 80 valence electrons. The molecule has 0 aliphatic carbocycles. The normalized spacial score (nSPS) is 15.0. The molecular formula is C12H27N. The molecule has 0 aliphatic rings. The van der Waals surface area contributed by atoms with Crippen LogP contribution in [0.1, 0.15) is 60.8 Å². The molecule has 0 radical (unpaired) electrons. The van der Waals surface area contributed by atoms with Gasteiger partial charge in [0.2, 0.25) is 0 Å². The first-order valence-electron chi connectivity index (χ1n) is 5.64. The molecule has 0 aromatic rings. The lowest BCUT2D eigenvalue weighted by Crippen LogP contribution is -2.43. The van der Waals surface area contributed by atoms with Gasteiger partial charge in [0.05, 0.1) is 0 Å². The summed E-state index contributed by atoms with van der Waals surface area (Å²) in [7, 11) is 0. The van der Waals surface area contributed by atoms with Crippen LogP contribution in [-0.4, -0.2) is 12.1 Å². The second-order valence-corrected chi connectivity index (χ2v) is 5.38. The Morgan fingerprint density at radius 1 is 1.15 bits per heavy atom. The van der Waals surface area contributed by atoms with Gasteiger partial charge in [0.1, 0.15) is 0 Å². The molecule has 0 saturated heterocycles. The molecule has 0 fully saturated rings. The second kappa shape index (κ2) is 5.64. The first-order valence-corrected chi connectivity index (χ1v) is 5.64. The summed E-state index contributed by atoms with van der Waals surface area (Å²) in [6, 6.07) is 1.26. The molecule has 13 heavy (non-hydrogen) atoms. The third-order valence-corrected chi connectivity index (χ3v) is 2.43. The van der Waals surface area contributed by atoms with Crippen molar-refractivity contribution in [3.63, 3.8) is 0 Å². The molecule has 0 aliphatic heterocycles. The summed E-state index contributed by atoms with van der Waals surface area (Å²) < 4.78 is 0. The van der Waals surface area contributed by atoms with Crippen molar-refractivity contribution in [2.75, 3.05) is 0 Å². The van der Waals surface area contributed by atoms with E-state index in [0.717, 1.165) is 0 Å². The zero-order valence-corrected chi connectivity index (χ0v) is 10.3. The Hall–Kier alpha value is -0.0400. The summed E-state index contributed by atoms with van der Waals surface area (Å²) in [5.41, 5.74) is 0.388. The third-order valence-electron chi connectivity index (χ3n) is 2.43. The minimum absolute atomic E-state index is 0.388. The first kappa shape index (κ1) is 13.0. The third kappa shape index (κ3) is 6.09. The Labute approximate surface area is 84.3 Å². The molecule has 1 heteroatoms. The average Bonchev–Trinajstić information content (AvgIpc) is 1.95. The predicted molar refractivity (Wildman–Crippen MR) is 61.0 cm³/mol. The smallest absolute Gasteiger partial charge is 0.0118 e. The minimum Gasteiger partial charge on any atom is -0.311 e. The van der Waals surface area contributed by atoms with E-state index < -0.39 is 0 Å². The molecular weight excluding hydrogens is 158 g/mol. The lowest BCUT2D eigenvalue weighted by molar-refractivity contribution is 0.237. The number of hydrogen-bond acceptors (Lipinski definition) is 1. The Morgan fingerprint density at radius 2 is 1.69 bits per heavy atom. The van der Waals surface area contributed by atoms with Crippen molar-refractivity contribution < 1.29 is 0 Å². The van der Waals surface area contributed by atoms with Gasteiger partial charge in [-0.25, -0.2) is 0 Å². The van der Waals surface area contributed by atoms with Gasteiger partial charge in [-0.15, -0.1) is 0 Å². The highest BCUT2D eigenvalue weighted by atomic mass is 14.9. The van der Waals surface area contributed by atoms with E-state index in [1.165, 1.54) is 19.3 Å². The van der Waals surface area contributed by atoms with Crippen molar-refractivity contribution in [1.29, 1.82) is 0 Å². The molecule has 1 atom stereocenters. The quantitative estimate of drug-likeness (QED) is 0.690. The SMILES string of the molecule is CCCCC(NC(C)C)C(C)(C)C. The van der Waals surface area contributed by atoms with Crippen LogP contribution in [0.2, 0.25) is 0 Å². The lowest BCUT2D eigenvalue weighted by Gasteiger charge is -2.33. The van der Waals surface area contributed by atoms with Crippen LogP contribution >= 0.6 is 0 Å². The van der Waals surface area contributed by atoms with Crippen LogP contribution in [-0.2, 0) is 0 Å². The summed E-state index contributed by atoms with van der Waals surface area (Å²) in [5.74, 6) is 0. The molecule has 0 rings (SSSR count). The highest BCUT2D eigenvalue weighted by molar-refractivity contribution is 4.81. The van der Waals surface area contributed by atoms with Crippen LogP contribution in [0.3, 0.4) is 0 Å². The number of nitrogens with one attached hydrogen (secondary N) is 1. The van der Waals surface area contributed by atoms with Crippen molar-refractivity contribution in [2.24, 2.45) is 5.41 Å². The maximum absolute atomic E-state index is 3.65. The maximum atomic E-state index is 3.65. The van der Waals surface area contributed by atoms with Crippen LogP contribution in [0.15, 0.2) is 0 Å². The van der Waals surface area contributed by atoms with Gasteiger partial charge >= 0.3 is 0 Å². The Balaban J connectivity index is 4.03. The molecule has 1 unspecified atom stereocenters. The van der Waals surface area contributed by atoms with Gasteiger partial charge in [-0.05, 0) is 11.8 Å². The van der Waals surface area contributed by atoms with Crippen LogP contribution in [0, 0.1) is 5.41 Å². The van der Waals surface area contributed by atoms with Crippen molar-refractivity contribution in [1.82, 2.24) is 5.32 Å². The second-order valence-electron chi connectivity index (χ2n) is 5.38. The Morgan fingerprint density at radius 3 is 2.00 bits per heavy atom. The maximum Gasteiger partial charge on any atom is 0.0118 e. The zero-order valence-electron chi connectivity index (χ0n) is 10.3. The molecule has 0 aromatic heterocycles. The lowest BCUT2D eigenvalue weighted by atomic mass is 9.83. The van der Waals surface area contributed by atoms with Crippen LogP contribution in [0.4, 0.5) is 0 Å². The molecule has 0 saturated carbocycles. The summed E-state index contributed by atoms with van der Waals surface area (Å²) >= 11 is 0. The first-order chi connectivity index (χ1) is 5.88. The van der Waals surface area contributed by atoms with E-state index in [-0.39, 0.29) is 0 Å². The number of hydrogen-bond donors (Lipinski definition) is 1. The molecule has 1 N–H and O–H groups in total. The number of rotatable bonds is 5. The summed E-state index contributed by atoms with van der Waals surface area (Å²) in [6.07, 6.45) is 3.94. The molecule has 0 heterocycles. The highest BCUT2D eigenvalue weighted by Crippen LogP contribution is 2.23. The fraction of sp³-hybridized carbons (Fsp3) is 1.00. The summed E-state index contributed by atoms with van der Waals surface area (Å²) in [6.45, 7) is 13.7. The van der Waals surface area contributed by atoms with Crippen molar-refractivity contribution in [3.8, 4) is 0 Å². The Kier molecular flexibility index (Phi) is 5.62. The van der Waals surface area contributed by atoms with E-state index in [1.807, 2.05) is 0 Å². The Bertz CT molecular complexity index is 122. The van der Waals surface area contributed by atoms with Crippen LogP contribution in [0.25, 0.3) is 0 Å². The van der Waals surface area contributed by atoms with Gasteiger partial charge in [-0.1, -0.05) is 54.4 Å². The van der Waals surface area contributed by atoms with Gasteiger partial charge in [-0.3, -0.25) is 0 Å². The molecule has 1 nitrogen and oxygen atoms in total. The predicted octanol–water partition coefficient (Wildman–Crippen LogP) is 3.59. The van der Waals surface area contributed by atoms with E-state index in [2.05, 4.69) is 46.9 Å². The molecule has 0 spiro atoms. The zero-order chi connectivity index (χ0) is 10.5. The molecule has 0 bridgehead atoms. The largest absolute Gasteiger partial charge is 0.311 e. The van der Waals surface area contributed by atoms with Crippen molar-refractivity contribution in [3.05, 3.63) is 0 Å². The van der Waals surface area contributed by atoms with Crippen molar-refractivity contribution in [2.45, 2.75) is 72.9 Å². The molecule has 0 amide bonds. The molecule has 0 aromatic carbocycles. The average molecular weight is 185 g/mol. The van der Waals surface area contributed by atoms with Gasteiger partial charge in [0.15, 0.2) is 0 Å². The summed E-state index contributed by atoms with van der Waals surface area (Å²) in [4.78, 5) is 0. The van der Waals surface area contributed by atoms with Gasteiger partial charge < -0.3 is 5.32 Å². The van der Waals surface area contributed by atoms with E-state index in [0.29, 0.717) is 17.5 Å². The van der Waals surface area contributed by atoms with E-state index in [4.69, 9.17) is 0 Å². The van der Waals surface area contributed by atoms with Crippen LogP contribution < -0.4 is 5.32 Å². The van der Waals surface area contributed by atoms with E-state index in [1.54, 1.807) is 0 Å². The fourth-order valence-corrected chi connectivity index (χ4v) is 1.58. The van der Waals surface area contributed by atoms with E-state index >= 15 is 0 Å². The van der Waals surface area contributed by atoms with Gasteiger partial charge in [-0.2, -0.15) is 0 Å². The fourth-order valence-electron chi connectivity index (χ4n) is 1.58. The van der Waals surface area contributed by atoms with Gasteiger partial charge in [0.25, 0.3) is 0 Å². The number of unbranched alkanes of at least 4 members (excludes halogenated alkanes) is 1. The standard InChI is InChI=1S/C12H27N/c1-7-8-9-11(12(4,5)6)13-10(2)3/h10-11,13H,7-9H2,1-6H3. The minimum atomic E-state index is 0.388. The van der Waals surface area contributed by atoms with Gasteiger partial charge in [0, 0.05) is 12.1 Å². The van der Waals surface area contributed by atoms with E-state index in [9.17, 15) is 0 Å². The van der Waals surface area contributed by atoms with Crippen molar-refractivity contribution >= 4 is 0 Å². The summed E-state index contributed by atoms with van der Waals surface area (Å²) in [5, 5.41) is 3.65.